The van der Waals surface area contributed by atoms with E-state index in [-0.39, 0.29) is 11.5 Å². The number of ether oxygens (including phenoxy) is 2. The van der Waals surface area contributed by atoms with E-state index in [0.29, 0.717) is 12.8 Å². The van der Waals surface area contributed by atoms with Gasteiger partial charge in [0.25, 0.3) is 0 Å². The van der Waals surface area contributed by atoms with Gasteiger partial charge in [-0.05, 0) is 53.3 Å². The number of carboxylic acids is 1. The number of carbonyl (C=O) groups is 2. The van der Waals surface area contributed by atoms with Crippen molar-refractivity contribution in [3.8, 4) is 28.0 Å². The molecule has 4 N–H and O–H groups in total. The molecule has 1 aliphatic rings. The zero-order valence-electron chi connectivity index (χ0n) is 19.7. The summed E-state index contributed by atoms with van der Waals surface area (Å²) in [7, 11) is 0. The van der Waals surface area contributed by atoms with Crippen molar-refractivity contribution in [3.63, 3.8) is 0 Å². The van der Waals surface area contributed by atoms with E-state index in [4.69, 9.17) is 9.47 Å². The van der Waals surface area contributed by atoms with E-state index < -0.39 is 36.7 Å². The summed E-state index contributed by atoms with van der Waals surface area (Å²) in [6, 6.07) is 22.9. The number of rotatable bonds is 8. The minimum atomic E-state index is -1.80. The molecule has 8 nitrogen and oxygen atoms in total. The molecule has 5 atom stereocenters. The van der Waals surface area contributed by atoms with Gasteiger partial charge in [-0.15, -0.1) is 0 Å². The zero-order chi connectivity index (χ0) is 25.8. The summed E-state index contributed by atoms with van der Waals surface area (Å²) in [5, 5.41) is 39.5. The molecule has 4 rings (SSSR count). The Balaban J connectivity index is 1.64. The lowest BCUT2D eigenvalue weighted by molar-refractivity contribution is -0.271. The number of hydrogen-bond donors (Lipinski definition) is 4. The largest absolute Gasteiger partial charge is 0.479 e. The maximum absolute atomic E-state index is 11.7. The Labute approximate surface area is 208 Å². The lowest BCUT2D eigenvalue weighted by Crippen LogP contribution is -2.61. The molecule has 1 unspecified atom stereocenters. The Kier molecular flexibility index (Phi) is 7.81. The van der Waals surface area contributed by atoms with Gasteiger partial charge >= 0.3 is 5.97 Å². The predicted molar refractivity (Wildman–Crippen MR) is 131 cm³/mol. The third-order valence-electron chi connectivity index (χ3n) is 6.17. The van der Waals surface area contributed by atoms with Crippen molar-refractivity contribution in [1.82, 2.24) is 0 Å². The fourth-order valence-electron chi connectivity index (χ4n) is 4.22. The van der Waals surface area contributed by atoms with Crippen molar-refractivity contribution in [2.24, 2.45) is 0 Å². The first kappa shape index (κ1) is 25.5. The van der Waals surface area contributed by atoms with Crippen LogP contribution < -0.4 is 4.74 Å². The number of aryl methyl sites for hydroxylation is 1. The maximum Gasteiger partial charge on any atom is 0.335 e. The Morgan fingerprint density at radius 1 is 0.833 bits per heavy atom. The van der Waals surface area contributed by atoms with Crippen LogP contribution in [0.2, 0.25) is 0 Å². The molecule has 0 amide bonds. The number of benzene rings is 3. The van der Waals surface area contributed by atoms with Gasteiger partial charge in [-0.1, -0.05) is 60.7 Å². The first-order valence-corrected chi connectivity index (χ1v) is 11.6. The third kappa shape index (κ3) is 5.63. The first-order valence-electron chi connectivity index (χ1n) is 11.6. The number of hydrogen-bond acceptors (Lipinski definition) is 7. The highest BCUT2D eigenvalue weighted by atomic mass is 16.7. The minimum absolute atomic E-state index is 0.0836. The summed E-state index contributed by atoms with van der Waals surface area (Å²) in [5.74, 6) is -1.13. The number of aliphatic hydroxyl groups is 3. The van der Waals surface area contributed by atoms with Crippen LogP contribution in [0.25, 0.3) is 22.3 Å². The van der Waals surface area contributed by atoms with E-state index in [1.165, 1.54) is 0 Å². The average molecular weight is 493 g/mol. The van der Waals surface area contributed by atoms with Crippen molar-refractivity contribution in [1.29, 1.82) is 0 Å². The average Bonchev–Trinajstić information content (AvgIpc) is 2.88. The molecule has 36 heavy (non-hydrogen) atoms. The molecule has 0 bridgehead atoms. The predicted octanol–water partition coefficient (Wildman–Crippen LogP) is 2.81. The van der Waals surface area contributed by atoms with Crippen LogP contribution in [0.4, 0.5) is 0 Å². The minimum Gasteiger partial charge on any atom is -0.479 e. The monoisotopic (exact) mass is 492 g/mol. The SMILES string of the molecule is CC(=O)CCc1cc(-c2ccccc2)ccc1-c1cccc(OC2O[C@H](C(=O)O)[C@@H](O)[C@H](O)[C@H]2O)c1. The summed E-state index contributed by atoms with van der Waals surface area (Å²) in [5.41, 5.74) is 4.73. The number of Topliss-reactive ketones (excluding diaryl/α,β-unsaturated/α-hetero) is 1. The van der Waals surface area contributed by atoms with Gasteiger partial charge in [-0.2, -0.15) is 0 Å². The number of ketones is 1. The second kappa shape index (κ2) is 11.0. The van der Waals surface area contributed by atoms with Crippen LogP contribution >= 0.6 is 0 Å². The molecule has 1 heterocycles. The zero-order valence-corrected chi connectivity index (χ0v) is 19.7. The molecule has 188 valence electrons. The summed E-state index contributed by atoms with van der Waals surface area (Å²) in [6.45, 7) is 1.56. The Hall–Kier alpha value is -3.56. The first-order chi connectivity index (χ1) is 17.2. The molecule has 3 aromatic carbocycles. The molecule has 0 aromatic heterocycles. The van der Waals surface area contributed by atoms with Crippen LogP contribution in [-0.4, -0.2) is 62.9 Å². The third-order valence-corrected chi connectivity index (χ3v) is 6.17. The number of carboxylic acid groups (broad SMARTS) is 1. The topological polar surface area (TPSA) is 134 Å². The lowest BCUT2D eigenvalue weighted by Gasteiger charge is -2.38. The van der Waals surface area contributed by atoms with Crippen LogP contribution in [-0.2, 0) is 20.7 Å². The maximum atomic E-state index is 11.7. The van der Waals surface area contributed by atoms with Crippen molar-refractivity contribution < 1.29 is 39.5 Å². The van der Waals surface area contributed by atoms with Crippen molar-refractivity contribution in [2.45, 2.75) is 50.5 Å². The smallest absolute Gasteiger partial charge is 0.335 e. The number of aliphatic hydroxyl groups excluding tert-OH is 3. The highest BCUT2D eigenvalue weighted by molar-refractivity contribution is 5.78. The van der Waals surface area contributed by atoms with Gasteiger partial charge in [0.15, 0.2) is 6.10 Å². The van der Waals surface area contributed by atoms with E-state index in [9.17, 15) is 30.0 Å². The molecule has 8 heteroatoms. The molecule has 3 aromatic rings. The van der Waals surface area contributed by atoms with Crippen molar-refractivity contribution in [3.05, 3.63) is 78.4 Å². The second-order valence-electron chi connectivity index (χ2n) is 8.82. The molecule has 0 spiro atoms. The van der Waals surface area contributed by atoms with E-state index in [0.717, 1.165) is 27.8 Å². The van der Waals surface area contributed by atoms with Gasteiger partial charge in [-0.3, -0.25) is 0 Å². The van der Waals surface area contributed by atoms with Crippen LogP contribution in [0.5, 0.6) is 5.75 Å². The van der Waals surface area contributed by atoms with Gasteiger partial charge in [0.05, 0.1) is 0 Å². The molecule has 1 saturated heterocycles. The molecule has 1 aliphatic heterocycles. The standard InChI is InChI=1S/C28H28O8/c1-16(29)10-11-20-14-18(17-6-3-2-4-7-17)12-13-22(20)19-8-5-9-21(15-19)35-28-25(32)23(30)24(31)26(36-28)27(33)34/h2-9,12-15,23-26,28,30-32H,10-11H2,1H3,(H,33,34)/t23-,24-,25+,26-,28?/m0/s1. The Morgan fingerprint density at radius 3 is 2.25 bits per heavy atom. The van der Waals surface area contributed by atoms with Crippen LogP contribution in [0.15, 0.2) is 72.8 Å². The fourth-order valence-corrected chi connectivity index (χ4v) is 4.22. The molecule has 0 aliphatic carbocycles. The summed E-state index contributed by atoms with van der Waals surface area (Å²) in [6.07, 6.45) is -7.52. The Bertz CT molecular complexity index is 1230. The van der Waals surface area contributed by atoms with E-state index >= 15 is 0 Å². The van der Waals surface area contributed by atoms with Gasteiger partial charge in [-0.25, -0.2) is 4.79 Å². The van der Waals surface area contributed by atoms with Gasteiger partial charge in [0.1, 0.15) is 29.8 Å². The fraction of sp³-hybridized carbons (Fsp3) is 0.286. The van der Waals surface area contributed by atoms with Crippen molar-refractivity contribution >= 4 is 11.8 Å². The lowest BCUT2D eigenvalue weighted by atomic mass is 9.92. The molecular weight excluding hydrogens is 464 g/mol. The quantitative estimate of drug-likeness (QED) is 0.377. The summed E-state index contributed by atoms with van der Waals surface area (Å²) in [4.78, 5) is 23.1. The van der Waals surface area contributed by atoms with Crippen LogP contribution in [0.1, 0.15) is 18.9 Å². The van der Waals surface area contributed by atoms with Gasteiger partial charge in [0.2, 0.25) is 6.29 Å². The number of carbonyl (C=O) groups excluding carboxylic acids is 1. The highest BCUT2D eigenvalue weighted by Gasteiger charge is 2.48. The molecule has 1 fully saturated rings. The van der Waals surface area contributed by atoms with Gasteiger partial charge in [0, 0.05) is 6.42 Å². The normalized spacial score (nSPS) is 23.7. The molecule has 0 radical (unpaired) electrons. The van der Waals surface area contributed by atoms with Gasteiger partial charge < -0.3 is 34.7 Å². The van der Waals surface area contributed by atoms with E-state index in [1.807, 2.05) is 48.5 Å². The number of aliphatic carboxylic acids is 1. The van der Waals surface area contributed by atoms with E-state index in [1.54, 1.807) is 25.1 Å². The Morgan fingerprint density at radius 2 is 1.56 bits per heavy atom. The summed E-state index contributed by atoms with van der Waals surface area (Å²) >= 11 is 0. The molecule has 0 saturated carbocycles. The van der Waals surface area contributed by atoms with Crippen molar-refractivity contribution in [2.75, 3.05) is 0 Å². The van der Waals surface area contributed by atoms with Crippen LogP contribution in [0.3, 0.4) is 0 Å². The second-order valence-corrected chi connectivity index (χ2v) is 8.82. The van der Waals surface area contributed by atoms with Crippen LogP contribution in [0, 0.1) is 0 Å². The highest BCUT2D eigenvalue weighted by Crippen LogP contribution is 2.33. The molecular formula is C28H28O8. The summed E-state index contributed by atoms with van der Waals surface area (Å²) < 4.78 is 10.9. The van der Waals surface area contributed by atoms with E-state index in [2.05, 4.69) is 6.07 Å².